The Morgan fingerprint density at radius 3 is 2.43 bits per heavy atom. The van der Waals surface area contributed by atoms with E-state index in [4.69, 9.17) is 4.74 Å². The third-order valence-corrected chi connectivity index (χ3v) is 5.15. The molecular weight excluding hydrogens is 380 g/mol. The van der Waals surface area contributed by atoms with Crippen LogP contribution in [0.1, 0.15) is 34.5 Å². The van der Waals surface area contributed by atoms with Crippen LogP contribution in [0.15, 0.2) is 60.8 Å². The molecule has 1 unspecified atom stereocenters. The first-order valence-corrected chi connectivity index (χ1v) is 9.99. The summed E-state index contributed by atoms with van der Waals surface area (Å²) < 4.78 is 7.12. The van der Waals surface area contributed by atoms with E-state index in [0.29, 0.717) is 30.0 Å². The average Bonchev–Trinajstić information content (AvgIpc) is 3.41. The standard InChI is InChI=1S/C23H24N4O3/c1-27-20(14-16-6-3-2-4-7-16)19(15-24-27)22(28)25-17-9-11-18(12-10-17)26-23(29)21-8-5-13-30-21/h2-4,6-7,9-12,15,21H,5,8,13-14H2,1H3,(H,25,28)(H,26,29). The predicted molar refractivity (Wildman–Crippen MR) is 114 cm³/mol. The second-order valence-corrected chi connectivity index (χ2v) is 7.31. The minimum atomic E-state index is -0.377. The molecule has 3 aromatic rings. The molecule has 30 heavy (non-hydrogen) atoms. The summed E-state index contributed by atoms with van der Waals surface area (Å²) in [6.45, 7) is 0.629. The molecule has 2 amide bonds. The maximum absolute atomic E-state index is 12.8. The third-order valence-electron chi connectivity index (χ3n) is 5.15. The molecule has 1 aromatic heterocycles. The van der Waals surface area contributed by atoms with Gasteiger partial charge in [0.1, 0.15) is 6.10 Å². The SMILES string of the molecule is Cn1ncc(C(=O)Nc2ccc(NC(=O)C3CCCO3)cc2)c1Cc1ccccc1. The molecule has 1 saturated heterocycles. The largest absolute Gasteiger partial charge is 0.368 e. The normalized spacial score (nSPS) is 15.7. The maximum Gasteiger partial charge on any atom is 0.259 e. The Morgan fingerprint density at radius 2 is 1.77 bits per heavy atom. The summed E-state index contributed by atoms with van der Waals surface area (Å²) in [4.78, 5) is 25.0. The number of nitrogens with one attached hydrogen (secondary N) is 2. The molecule has 1 fully saturated rings. The van der Waals surface area contributed by atoms with Gasteiger partial charge in [-0.15, -0.1) is 0 Å². The topological polar surface area (TPSA) is 85.3 Å². The predicted octanol–water partition coefficient (Wildman–Crippen LogP) is 3.38. The number of amides is 2. The van der Waals surface area contributed by atoms with E-state index in [1.165, 1.54) is 0 Å². The highest BCUT2D eigenvalue weighted by molar-refractivity contribution is 6.05. The van der Waals surface area contributed by atoms with E-state index >= 15 is 0 Å². The van der Waals surface area contributed by atoms with E-state index in [0.717, 1.165) is 24.1 Å². The highest BCUT2D eigenvalue weighted by atomic mass is 16.5. The van der Waals surface area contributed by atoms with Crippen molar-refractivity contribution in [2.45, 2.75) is 25.4 Å². The summed E-state index contributed by atoms with van der Waals surface area (Å²) in [5, 5.41) is 10.0. The van der Waals surface area contributed by atoms with Gasteiger partial charge >= 0.3 is 0 Å². The summed E-state index contributed by atoms with van der Waals surface area (Å²) in [6.07, 6.45) is 3.48. The zero-order valence-corrected chi connectivity index (χ0v) is 16.8. The smallest absolute Gasteiger partial charge is 0.259 e. The number of carbonyl (C=O) groups is 2. The number of hydrogen-bond acceptors (Lipinski definition) is 4. The van der Waals surface area contributed by atoms with Crippen LogP contribution in [0.5, 0.6) is 0 Å². The van der Waals surface area contributed by atoms with Crippen LogP contribution >= 0.6 is 0 Å². The van der Waals surface area contributed by atoms with Crippen LogP contribution in [0.4, 0.5) is 11.4 Å². The van der Waals surface area contributed by atoms with Gasteiger partial charge in [-0.3, -0.25) is 14.3 Å². The molecule has 0 aliphatic carbocycles. The number of hydrogen-bond donors (Lipinski definition) is 2. The molecule has 1 atom stereocenters. The molecule has 2 heterocycles. The van der Waals surface area contributed by atoms with Crippen LogP contribution in [0.2, 0.25) is 0 Å². The Morgan fingerprint density at radius 1 is 1.07 bits per heavy atom. The van der Waals surface area contributed by atoms with Crippen LogP contribution in [0, 0.1) is 0 Å². The zero-order chi connectivity index (χ0) is 20.9. The maximum atomic E-state index is 12.8. The lowest BCUT2D eigenvalue weighted by Crippen LogP contribution is -2.26. The number of benzene rings is 2. The van der Waals surface area contributed by atoms with Crippen LogP contribution in [-0.2, 0) is 23.0 Å². The van der Waals surface area contributed by atoms with Gasteiger partial charge in [-0.05, 0) is 42.7 Å². The van der Waals surface area contributed by atoms with E-state index in [9.17, 15) is 9.59 Å². The molecule has 7 nitrogen and oxygen atoms in total. The number of aromatic nitrogens is 2. The number of nitrogens with zero attached hydrogens (tertiary/aromatic N) is 2. The van der Waals surface area contributed by atoms with Gasteiger partial charge < -0.3 is 15.4 Å². The quantitative estimate of drug-likeness (QED) is 0.660. The van der Waals surface area contributed by atoms with Gasteiger partial charge in [0.25, 0.3) is 11.8 Å². The van der Waals surface area contributed by atoms with Crippen LogP contribution in [0.3, 0.4) is 0 Å². The van der Waals surface area contributed by atoms with Crippen molar-refractivity contribution in [3.8, 4) is 0 Å². The molecule has 1 aliphatic heterocycles. The Balaban J connectivity index is 1.41. The fourth-order valence-corrected chi connectivity index (χ4v) is 3.49. The van der Waals surface area contributed by atoms with Crippen molar-refractivity contribution in [1.82, 2.24) is 9.78 Å². The molecule has 1 aliphatic rings. The molecule has 7 heteroatoms. The molecule has 154 valence electrons. The van der Waals surface area contributed by atoms with Crippen molar-refractivity contribution in [2.75, 3.05) is 17.2 Å². The Labute approximate surface area is 175 Å². The van der Waals surface area contributed by atoms with Crippen molar-refractivity contribution < 1.29 is 14.3 Å². The summed E-state index contributed by atoms with van der Waals surface area (Å²) in [5.41, 5.74) is 3.81. The van der Waals surface area contributed by atoms with E-state index in [1.807, 2.05) is 37.4 Å². The van der Waals surface area contributed by atoms with Crippen LogP contribution in [0.25, 0.3) is 0 Å². The second-order valence-electron chi connectivity index (χ2n) is 7.31. The van der Waals surface area contributed by atoms with E-state index in [-0.39, 0.29) is 17.9 Å². The third kappa shape index (κ3) is 4.58. The number of aryl methyl sites for hydroxylation is 1. The number of ether oxygens (including phenoxy) is 1. The summed E-state index contributed by atoms with van der Waals surface area (Å²) in [7, 11) is 1.83. The van der Waals surface area contributed by atoms with Crippen molar-refractivity contribution in [3.63, 3.8) is 0 Å². The fraction of sp³-hybridized carbons (Fsp3) is 0.261. The highest BCUT2D eigenvalue weighted by Gasteiger charge is 2.23. The monoisotopic (exact) mass is 404 g/mol. The Bertz CT molecular complexity index is 1020. The number of rotatable bonds is 6. The molecule has 2 aromatic carbocycles. The minimum Gasteiger partial charge on any atom is -0.368 e. The minimum absolute atomic E-state index is 0.134. The van der Waals surface area contributed by atoms with Gasteiger partial charge in [0, 0.05) is 31.5 Å². The van der Waals surface area contributed by atoms with Crippen molar-refractivity contribution in [1.29, 1.82) is 0 Å². The molecule has 4 rings (SSSR count). The summed E-state index contributed by atoms with van der Waals surface area (Å²) in [6, 6.07) is 17.0. The molecule has 0 bridgehead atoms. The first-order valence-electron chi connectivity index (χ1n) is 9.99. The van der Waals surface area contributed by atoms with Gasteiger partial charge in [0.2, 0.25) is 0 Å². The first kappa shape index (κ1) is 19.8. The lowest BCUT2D eigenvalue weighted by molar-refractivity contribution is -0.124. The van der Waals surface area contributed by atoms with Crippen molar-refractivity contribution in [3.05, 3.63) is 77.6 Å². The zero-order valence-electron chi connectivity index (χ0n) is 16.8. The van der Waals surface area contributed by atoms with Gasteiger partial charge in [0.05, 0.1) is 17.5 Å². The van der Waals surface area contributed by atoms with Crippen LogP contribution < -0.4 is 10.6 Å². The van der Waals surface area contributed by atoms with E-state index in [2.05, 4.69) is 15.7 Å². The lowest BCUT2D eigenvalue weighted by Gasteiger charge is -2.11. The van der Waals surface area contributed by atoms with Gasteiger partial charge in [-0.2, -0.15) is 5.10 Å². The highest BCUT2D eigenvalue weighted by Crippen LogP contribution is 2.19. The van der Waals surface area contributed by atoms with E-state index in [1.54, 1.807) is 35.1 Å². The van der Waals surface area contributed by atoms with Gasteiger partial charge in [0.15, 0.2) is 0 Å². The van der Waals surface area contributed by atoms with Crippen molar-refractivity contribution in [2.24, 2.45) is 7.05 Å². The molecule has 0 saturated carbocycles. The lowest BCUT2D eigenvalue weighted by atomic mass is 10.1. The number of carbonyl (C=O) groups excluding carboxylic acids is 2. The van der Waals surface area contributed by atoms with E-state index < -0.39 is 0 Å². The van der Waals surface area contributed by atoms with Crippen molar-refractivity contribution >= 4 is 23.2 Å². The van der Waals surface area contributed by atoms with Gasteiger partial charge in [-0.1, -0.05) is 30.3 Å². The first-order chi connectivity index (χ1) is 14.6. The number of anilines is 2. The fourth-order valence-electron chi connectivity index (χ4n) is 3.49. The molecule has 0 spiro atoms. The molecule has 0 radical (unpaired) electrons. The summed E-state index contributed by atoms with van der Waals surface area (Å²) in [5.74, 6) is -0.352. The Kier molecular flexibility index (Phi) is 5.90. The average molecular weight is 404 g/mol. The molecular formula is C23H24N4O3. The Hall–Kier alpha value is -3.45. The van der Waals surface area contributed by atoms with Gasteiger partial charge in [-0.25, -0.2) is 0 Å². The van der Waals surface area contributed by atoms with Crippen LogP contribution in [-0.4, -0.2) is 34.3 Å². The molecule has 2 N–H and O–H groups in total. The summed E-state index contributed by atoms with van der Waals surface area (Å²) >= 11 is 0. The second kappa shape index (κ2) is 8.92.